The van der Waals surface area contributed by atoms with Crippen LogP contribution in [0, 0.1) is 0 Å². The molecule has 0 aromatic rings. The second-order valence-electron chi connectivity index (χ2n) is 1.40. The summed E-state index contributed by atoms with van der Waals surface area (Å²) in [6, 6.07) is 0. The van der Waals surface area contributed by atoms with E-state index < -0.39 is 18.7 Å². The summed E-state index contributed by atoms with van der Waals surface area (Å²) < 4.78 is 4.23. The van der Waals surface area contributed by atoms with E-state index in [-0.39, 0.29) is 0 Å². The van der Waals surface area contributed by atoms with Crippen molar-refractivity contribution >= 4 is 0 Å². The fourth-order valence-corrected chi connectivity index (χ4v) is 0.333. The van der Waals surface area contributed by atoms with Crippen molar-refractivity contribution in [2.75, 3.05) is 0 Å². The van der Waals surface area contributed by atoms with Crippen LogP contribution >= 0.6 is 0 Å². The van der Waals surface area contributed by atoms with Gasteiger partial charge >= 0.3 is 0 Å². The van der Waals surface area contributed by atoms with E-state index >= 15 is 0 Å². The lowest BCUT2D eigenvalue weighted by molar-refractivity contribution is -0.0588. The summed E-state index contributed by atoms with van der Waals surface area (Å²) in [5.74, 6) is 0. The maximum Gasteiger partial charge on any atom is 0.187 e. The van der Waals surface area contributed by atoms with Gasteiger partial charge in [-0.3, -0.25) is 0 Å². The summed E-state index contributed by atoms with van der Waals surface area (Å²) in [6.45, 7) is 0. The molecule has 2 unspecified atom stereocenters. The van der Waals surface area contributed by atoms with E-state index in [4.69, 9.17) is 15.3 Å². The monoisotopic (exact) mass is 106 g/mol. The number of hydrogen-bond acceptors (Lipinski definition) is 4. The van der Waals surface area contributed by atoms with E-state index in [0.717, 1.165) is 0 Å². The van der Waals surface area contributed by atoms with Gasteiger partial charge in [0.2, 0.25) is 0 Å². The van der Waals surface area contributed by atoms with Gasteiger partial charge in [0, 0.05) is 0 Å². The lowest BCUT2D eigenvalue weighted by atomic mass is 10.4. The van der Waals surface area contributed by atoms with Crippen LogP contribution in [0.15, 0.2) is 0 Å². The second kappa shape index (κ2) is 1.41. The smallest absolute Gasteiger partial charge is 0.187 e. The van der Waals surface area contributed by atoms with Crippen LogP contribution < -0.4 is 0 Å². The molecule has 0 aromatic carbocycles. The minimum absolute atomic E-state index is 0.764. The number of hydrogen-bond donors (Lipinski definition) is 3. The lowest BCUT2D eigenvalue weighted by Crippen LogP contribution is -2.14. The van der Waals surface area contributed by atoms with Gasteiger partial charge in [0.05, 0.1) is 0 Å². The summed E-state index contributed by atoms with van der Waals surface area (Å²) in [5.41, 5.74) is 0. The van der Waals surface area contributed by atoms with Crippen LogP contribution in [-0.2, 0) is 4.74 Å². The van der Waals surface area contributed by atoms with Crippen molar-refractivity contribution in [1.82, 2.24) is 0 Å². The summed E-state index contributed by atoms with van der Waals surface area (Å²) in [5, 5.41) is 24.5. The average Bonchev–Trinajstić information content (AvgIpc) is 2.17. The Morgan fingerprint density at radius 3 is 1.86 bits per heavy atom. The molecule has 1 saturated heterocycles. The molecule has 1 aliphatic rings. The first-order chi connectivity index (χ1) is 3.22. The van der Waals surface area contributed by atoms with Crippen LogP contribution in [0.4, 0.5) is 0 Å². The molecule has 0 aromatic heterocycles. The lowest BCUT2D eigenvalue weighted by Gasteiger charge is -1.90. The van der Waals surface area contributed by atoms with Gasteiger partial charge in [-0.1, -0.05) is 0 Å². The summed E-state index contributed by atoms with van der Waals surface area (Å²) in [7, 11) is 0. The fraction of sp³-hybridized carbons (Fsp3) is 1.00. The minimum Gasteiger partial charge on any atom is -0.366 e. The van der Waals surface area contributed by atoms with Gasteiger partial charge in [0.15, 0.2) is 18.7 Å². The third-order valence-corrected chi connectivity index (χ3v) is 0.795. The van der Waals surface area contributed by atoms with Gasteiger partial charge in [-0.05, 0) is 0 Å². The molecule has 1 rings (SSSR count). The number of aliphatic hydroxyl groups is 3. The molecule has 42 valence electrons. The number of ether oxygens (including phenoxy) is 1. The summed E-state index contributed by atoms with van der Waals surface area (Å²) in [4.78, 5) is 0. The van der Waals surface area contributed by atoms with Crippen LogP contribution in [0.25, 0.3) is 0 Å². The van der Waals surface area contributed by atoms with E-state index in [1.165, 1.54) is 0 Å². The predicted octanol–water partition coefficient (Wildman–Crippen LogP) is -1.99. The Kier molecular flexibility index (Phi) is 1.01. The molecule has 4 nitrogen and oxygen atoms in total. The van der Waals surface area contributed by atoms with Crippen molar-refractivity contribution in [3.8, 4) is 0 Å². The summed E-state index contributed by atoms with van der Waals surface area (Å²) >= 11 is 0. The molecule has 0 amide bonds. The third-order valence-electron chi connectivity index (χ3n) is 0.795. The third kappa shape index (κ3) is 0.889. The minimum atomic E-state index is -1.53. The van der Waals surface area contributed by atoms with Crippen molar-refractivity contribution in [1.29, 1.82) is 0 Å². The van der Waals surface area contributed by atoms with Gasteiger partial charge in [-0.2, -0.15) is 0 Å². The number of rotatable bonds is 1. The summed E-state index contributed by atoms with van der Waals surface area (Å²) in [6.07, 6.45) is -3.25. The molecule has 0 bridgehead atoms. The quantitative estimate of drug-likeness (QED) is 0.267. The molecule has 1 aliphatic heterocycles. The largest absolute Gasteiger partial charge is 0.366 e. The SMILES string of the molecule is OC(O)C1OC1O. The number of epoxide rings is 1. The Balaban J connectivity index is 2.20. The average molecular weight is 106 g/mol. The van der Waals surface area contributed by atoms with E-state index in [1.807, 2.05) is 0 Å². The molecule has 7 heavy (non-hydrogen) atoms. The molecular formula is C3H6O4. The first-order valence-corrected chi connectivity index (χ1v) is 1.91. The molecule has 0 radical (unpaired) electrons. The maximum atomic E-state index is 8.25. The van der Waals surface area contributed by atoms with E-state index in [2.05, 4.69) is 4.74 Å². The Labute approximate surface area is 40.0 Å². The van der Waals surface area contributed by atoms with Crippen LogP contribution in [-0.4, -0.2) is 34.0 Å². The molecule has 0 aliphatic carbocycles. The van der Waals surface area contributed by atoms with Crippen molar-refractivity contribution in [3.63, 3.8) is 0 Å². The van der Waals surface area contributed by atoms with Gasteiger partial charge in [-0.25, -0.2) is 0 Å². The zero-order chi connectivity index (χ0) is 5.44. The molecule has 1 fully saturated rings. The Morgan fingerprint density at radius 1 is 1.43 bits per heavy atom. The van der Waals surface area contributed by atoms with Gasteiger partial charge in [0.1, 0.15) is 0 Å². The molecule has 3 N–H and O–H groups in total. The first-order valence-electron chi connectivity index (χ1n) is 1.91. The maximum absolute atomic E-state index is 8.25. The highest BCUT2D eigenvalue weighted by atomic mass is 16.7. The highest BCUT2D eigenvalue weighted by Gasteiger charge is 2.42. The Hall–Kier alpha value is -0.160. The Morgan fingerprint density at radius 2 is 1.86 bits per heavy atom. The molecule has 2 atom stereocenters. The van der Waals surface area contributed by atoms with Crippen molar-refractivity contribution in [3.05, 3.63) is 0 Å². The zero-order valence-electron chi connectivity index (χ0n) is 3.48. The van der Waals surface area contributed by atoms with E-state index in [0.29, 0.717) is 0 Å². The fourth-order valence-electron chi connectivity index (χ4n) is 0.333. The van der Waals surface area contributed by atoms with Crippen molar-refractivity contribution in [2.45, 2.75) is 18.7 Å². The highest BCUT2D eigenvalue weighted by Crippen LogP contribution is 2.20. The standard InChI is InChI=1S/C3H6O4/c4-2(5)1-3(6)7-1/h1-6H. The van der Waals surface area contributed by atoms with E-state index in [9.17, 15) is 0 Å². The first kappa shape index (κ1) is 4.99. The van der Waals surface area contributed by atoms with Gasteiger partial charge < -0.3 is 20.1 Å². The molecule has 0 spiro atoms. The second-order valence-corrected chi connectivity index (χ2v) is 1.40. The zero-order valence-corrected chi connectivity index (χ0v) is 3.48. The number of aliphatic hydroxyl groups excluding tert-OH is 2. The molecule has 4 heteroatoms. The predicted molar refractivity (Wildman–Crippen MR) is 19.1 cm³/mol. The molecular weight excluding hydrogens is 100 g/mol. The Bertz CT molecular complexity index is 71.3. The van der Waals surface area contributed by atoms with Gasteiger partial charge in [0.25, 0.3) is 0 Å². The van der Waals surface area contributed by atoms with Crippen molar-refractivity contribution < 1.29 is 20.1 Å². The van der Waals surface area contributed by atoms with Crippen LogP contribution in [0.5, 0.6) is 0 Å². The van der Waals surface area contributed by atoms with Crippen molar-refractivity contribution in [2.24, 2.45) is 0 Å². The van der Waals surface area contributed by atoms with Crippen LogP contribution in [0.3, 0.4) is 0 Å². The van der Waals surface area contributed by atoms with E-state index in [1.54, 1.807) is 0 Å². The normalized spacial score (nSPS) is 39.4. The molecule has 1 heterocycles. The van der Waals surface area contributed by atoms with Crippen LogP contribution in [0.2, 0.25) is 0 Å². The molecule has 0 saturated carbocycles. The highest BCUT2D eigenvalue weighted by molar-refractivity contribution is 4.75. The van der Waals surface area contributed by atoms with Crippen LogP contribution in [0.1, 0.15) is 0 Å². The topological polar surface area (TPSA) is 73.2 Å². The van der Waals surface area contributed by atoms with Gasteiger partial charge in [-0.15, -0.1) is 0 Å².